The highest BCUT2D eigenvalue weighted by Crippen LogP contribution is 2.31. The second kappa shape index (κ2) is 7.49. The van der Waals surface area contributed by atoms with Crippen molar-refractivity contribution in [1.29, 1.82) is 10.5 Å². The van der Waals surface area contributed by atoms with Crippen LogP contribution in [0.4, 0.5) is 18.9 Å². The van der Waals surface area contributed by atoms with E-state index in [1.807, 2.05) is 0 Å². The molecule has 5 nitrogen and oxygen atoms in total. The largest absolute Gasteiger partial charge is 0.417 e. The first kappa shape index (κ1) is 17.3. The van der Waals surface area contributed by atoms with Gasteiger partial charge in [-0.1, -0.05) is 11.8 Å². The topological polar surface area (TPSA) is 84.9 Å². The molecule has 0 saturated heterocycles. The number of hydrazone groups is 1. The van der Waals surface area contributed by atoms with Crippen molar-refractivity contribution in [2.75, 3.05) is 5.43 Å². The van der Waals surface area contributed by atoms with Crippen LogP contribution in [-0.2, 0) is 6.18 Å². The summed E-state index contributed by atoms with van der Waals surface area (Å²) in [5.74, 6) is 0. The Morgan fingerprint density at radius 2 is 1.75 bits per heavy atom. The van der Waals surface area contributed by atoms with E-state index in [4.69, 9.17) is 10.5 Å². The third-order valence-electron chi connectivity index (χ3n) is 2.65. The van der Waals surface area contributed by atoms with E-state index in [0.29, 0.717) is 10.7 Å². The van der Waals surface area contributed by atoms with Crippen LogP contribution in [0.15, 0.2) is 57.6 Å². The molecule has 1 aromatic heterocycles. The summed E-state index contributed by atoms with van der Waals surface area (Å²) in [6, 6.07) is 12.2. The summed E-state index contributed by atoms with van der Waals surface area (Å²) < 4.78 is 37.4. The molecule has 0 saturated carbocycles. The Hall–Kier alpha value is -3.04. The number of benzene rings is 1. The monoisotopic (exact) mass is 347 g/mol. The highest BCUT2D eigenvalue weighted by molar-refractivity contribution is 7.99. The van der Waals surface area contributed by atoms with Crippen molar-refractivity contribution in [3.8, 4) is 12.1 Å². The fraction of sp³-hybridized carbons (Fsp3) is 0.0667. The van der Waals surface area contributed by atoms with E-state index in [9.17, 15) is 13.2 Å². The van der Waals surface area contributed by atoms with Gasteiger partial charge < -0.3 is 0 Å². The average molecular weight is 347 g/mol. The van der Waals surface area contributed by atoms with Gasteiger partial charge in [-0.15, -0.1) is 0 Å². The number of rotatable bonds is 4. The van der Waals surface area contributed by atoms with E-state index in [2.05, 4.69) is 15.5 Å². The Morgan fingerprint density at radius 1 is 1.08 bits per heavy atom. The predicted molar refractivity (Wildman–Crippen MR) is 82.1 cm³/mol. The minimum atomic E-state index is -4.41. The molecule has 0 spiro atoms. The summed E-state index contributed by atoms with van der Waals surface area (Å²) in [6.45, 7) is 0. The van der Waals surface area contributed by atoms with E-state index in [1.54, 1.807) is 36.4 Å². The number of alkyl halides is 3. The maximum absolute atomic E-state index is 12.5. The fourth-order valence-corrected chi connectivity index (χ4v) is 2.28. The first-order chi connectivity index (χ1) is 11.4. The van der Waals surface area contributed by atoms with Crippen molar-refractivity contribution in [3.63, 3.8) is 0 Å². The Bertz CT molecular complexity index is 799. The zero-order valence-corrected chi connectivity index (χ0v) is 12.7. The molecule has 0 unspecified atom stereocenters. The van der Waals surface area contributed by atoms with Gasteiger partial charge in [0.05, 0.1) is 11.3 Å². The molecule has 1 aromatic carbocycles. The maximum Gasteiger partial charge on any atom is 0.417 e. The van der Waals surface area contributed by atoms with Gasteiger partial charge in [-0.2, -0.15) is 28.8 Å². The van der Waals surface area contributed by atoms with E-state index in [-0.39, 0.29) is 5.71 Å². The lowest BCUT2D eigenvalue weighted by atomic mass is 10.3. The van der Waals surface area contributed by atoms with Gasteiger partial charge in [0.15, 0.2) is 0 Å². The van der Waals surface area contributed by atoms with Crippen molar-refractivity contribution < 1.29 is 13.2 Å². The lowest BCUT2D eigenvalue weighted by Gasteiger charge is -2.07. The minimum Gasteiger partial charge on any atom is -0.277 e. The highest BCUT2D eigenvalue weighted by Gasteiger charge is 2.30. The van der Waals surface area contributed by atoms with E-state index in [1.165, 1.54) is 17.8 Å². The number of aromatic nitrogens is 1. The molecule has 120 valence electrons. The SMILES string of the molecule is N#CC(C#N)=NNc1ccc(Sc2ccc(C(F)(F)F)cn2)cc1. The third kappa shape index (κ3) is 4.73. The van der Waals surface area contributed by atoms with Crippen molar-refractivity contribution >= 4 is 23.2 Å². The van der Waals surface area contributed by atoms with Gasteiger partial charge >= 0.3 is 6.18 Å². The van der Waals surface area contributed by atoms with Gasteiger partial charge in [0.25, 0.3) is 0 Å². The summed E-state index contributed by atoms with van der Waals surface area (Å²) in [7, 11) is 0. The van der Waals surface area contributed by atoms with E-state index >= 15 is 0 Å². The van der Waals surface area contributed by atoms with Crippen LogP contribution in [0.1, 0.15) is 5.56 Å². The maximum atomic E-state index is 12.5. The molecule has 0 radical (unpaired) electrons. The van der Waals surface area contributed by atoms with Crippen LogP contribution in [0.2, 0.25) is 0 Å². The molecule has 9 heteroatoms. The zero-order valence-electron chi connectivity index (χ0n) is 11.9. The Morgan fingerprint density at radius 3 is 2.25 bits per heavy atom. The summed E-state index contributed by atoms with van der Waals surface area (Å²) in [5, 5.41) is 21.1. The highest BCUT2D eigenvalue weighted by atomic mass is 32.2. The number of pyridine rings is 1. The van der Waals surface area contributed by atoms with Crippen molar-refractivity contribution in [2.24, 2.45) is 5.10 Å². The molecular weight excluding hydrogens is 339 g/mol. The molecule has 0 bridgehead atoms. The first-order valence-electron chi connectivity index (χ1n) is 6.37. The summed E-state index contributed by atoms with van der Waals surface area (Å²) in [6.07, 6.45) is -3.62. The zero-order chi connectivity index (χ0) is 17.6. The molecule has 2 rings (SSSR count). The molecule has 0 aliphatic rings. The molecule has 0 aliphatic heterocycles. The van der Waals surface area contributed by atoms with Gasteiger partial charge in [0, 0.05) is 11.1 Å². The summed E-state index contributed by atoms with van der Waals surface area (Å²) in [5.41, 5.74) is 2.01. The quantitative estimate of drug-likeness (QED) is 0.666. The van der Waals surface area contributed by atoms with Crippen LogP contribution < -0.4 is 5.43 Å². The summed E-state index contributed by atoms with van der Waals surface area (Å²) >= 11 is 1.20. The first-order valence-corrected chi connectivity index (χ1v) is 7.19. The summed E-state index contributed by atoms with van der Waals surface area (Å²) in [4.78, 5) is 4.54. The van der Waals surface area contributed by atoms with Gasteiger partial charge in [0.2, 0.25) is 5.71 Å². The van der Waals surface area contributed by atoms with Crippen LogP contribution in [0.3, 0.4) is 0 Å². The van der Waals surface area contributed by atoms with Crippen molar-refractivity contribution in [1.82, 2.24) is 4.98 Å². The Kier molecular flexibility index (Phi) is 5.40. The van der Waals surface area contributed by atoms with Gasteiger partial charge in [-0.25, -0.2) is 4.98 Å². The number of nitrogens with zero attached hydrogens (tertiary/aromatic N) is 4. The molecule has 24 heavy (non-hydrogen) atoms. The predicted octanol–water partition coefficient (Wildman–Crippen LogP) is 4.07. The van der Waals surface area contributed by atoms with Crippen LogP contribution in [0.25, 0.3) is 0 Å². The standard InChI is InChI=1S/C15H8F3N5S/c16-15(17,18)10-1-6-14(21-9-10)24-13-4-2-11(3-5-13)22-23-12(7-19)8-20/h1-6,9,22H. The fourth-order valence-electron chi connectivity index (χ4n) is 1.52. The Balaban J connectivity index is 2.03. The average Bonchev–Trinajstić information content (AvgIpc) is 2.57. The molecule has 0 aliphatic carbocycles. The molecule has 1 N–H and O–H groups in total. The van der Waals surface area contributed by atoms with E-state index in [0.717, 1.165) is 17.2 Å². The third-order valence-corrected chi connectivity index (χ3v) is 3.61. The van der Waals surface area contributed by atoms with Crippen LogP contribution in [-0.4, -0.2) is 10.7 Å². The number of hydrogen-bond acceptors (Lipinski definition) is 6. The smallest absolute Gasteiger partial charge is 0.277 e. The molecule has 2 aromatic rings. The van der Waals surface area contributed by atoms with Gasteiger partial charge in [0.1, 0.15) is 17.2 Å². The van der Waals surface area contributed by atoms with Crippen LogP contribution in [0.5, 0.6) is 0 Å². The lowest BCUT2D eigenvalue weighted by Crippen LogP contribution is -2.04. The lowest BCUT2D eigenvalue weighted by molar-refractivity contribution is -0.137. The van der Waals surface area contributed by atoms with Crippen molar-refractivity contribution in [3.05, 3.63) is 48.2 Å². The molecule has 0 amide bonds. The molecule has 1 heterocycles. The van der Waals surface area contributed by atoms with Gasteiger partial charge in [-0.3, -0.25) is 5.43 Å². The second-order valence-electron chi connectivity index (χ2n) is 4.31. The Labute approximate surface area is 139 Å². The van der Waals surface area contributed by atoms with Gasteiger partial charge in [-0.05, 0) is 36.4 Å². The van der Waals surface area contributed by atoms with Crippen LogP contribution >= 0.6 is 11.8 Å². The normalized spacial score (nSPS) is 10.4. The number of hydrogen-bond donors (Lipinski definition) is 1. The number of nitrogens with one attached hydrogen (secondary N) is 1. The van der Waals surface area contributed by atoms with Crippen LogP contribution in [0, 0.1) is 22.7 Å². The van der Waals surface area contributed by atoms with Crippen molar-refractivity contribution in [2.45, 2.75) is 16.1 Å². The molecule has 0 atom stereocenters. The molecular formula is C15H8F3N5S. The molecule has 0 fully saturated rings. The number of nitriles is 2. The second-order valence-corrected chi connectivity index (χ2v) is 5.40. The number of anilines is 1. The van der Waals surface area contributed by atoms with E-state index < -0.39 is 11.7 Å². The minimum absolute atomic E-state index is 0.303. The number of halogens is 3.